The lowest BCUT2D eigenvalue weighted by atomic mass is 9.48. The van der Waals surface area contributed by atoms with Gasteiger partial charge in [-0.3, -0.25) is 0 Å². The van der Waals surface area contributed by atoms with Gasteiger partial charge in [-0.05, 0) is 44.5 Å². The molecule has 3 heterocycles. The van der Waals surface area contributed by atoms with E-state index in [1.165, 1.54) is 0 Å². The number of aliphatic hydroxyl groups is 1. The minimum atomic E-state index is -3.73. The van der Waals surface area contributed by atoms with E-state index in [4.69, 9.17) is 18.4 Å². The van der Waals surface area contributed by atoms with Crippen LogP contribution in [0.4, 0.5) is 0 Å². The number of piperidine rings is 1. The van der Waals surface area contributed by atoms with Crippen molar-refractivity contribution >= 4 is 10.1 Å². The molecule has 5 aliphatic rings. The van der Waals surface area contributed by atoms with Crippen LogP contribution in [0.3, 0.4) is 0 Å². The molecule has 3 fully saturated rings. The first-order chi connectivity index (χ1) is 13.7. The van der Waals surface area contributed by atoms with Gasteiger partial charge in [0.05, 0.1) is 30.5 Å². The van der Waals surface area contributed by atoms with Crippen LogP contribution in [0, 0.1) is 0 Å². The van der Waals surface area contributed by atoms with Crippen molar-refractivity contribution in [3.63, 3.8) is 0 Å². The van der Waals surface area contributed by atoms with Crippen molar-refractivity contribution in [2.45, 2.75) is 54.6 Å². The summed E-state index contributed by atoms with van der Waals surface area (Å²) in [5.41, 5.74) is 0.230. The van der Waals surface area contributed by atoms with Gasteiger partial charge in [-0.2, -0.15) is 8.42 Å². The highest BCUT2D eigenvalue weighted by atomic mass is 32.2. The zero-order chi connectivity index (χ0) is 20.2. The van der Waals surface area contributed by atoms with E-state index in [0.29, 0.717) is 44.6 Å². The molecule has 2 unspecified atom stereocenters. The Labute approximate surface area is 169 Å². The number of benzene rings is 1. The number of hydrogen-bond donors (Lipinski definition) is 1. The van der Waals surface area contributed by atoms with Crippen LogP contribution in [0.5, 0.6) is 11.5 Å². The smallest absolute Gasteiger partial charge is 0.306 e. The SMILES string of the molecule is CN1CC[C@]23c4c5ccc(OS(C)(=O)=O)c4OC2C2(CCC3(O)[C@H]1C5)OCCO2. The molecule has 1 aromatic rings. The molecule has 9 heteroatoms. The molecular formula is C20H25NO7S. The highest BCUT2D eigenvalue weighted by molar-refractivity contribution is 7.86. The first-order valence-corrected chi connectivity index (χ1v) is 11.9. The summed E-state index contributed by atoms with van der Waals surface area (Å²) >= 11 is 0. The van der Waals surface area contributed by atoms with Crippen molar-refractivity contribution in [1.29, 1.82) is 0 Å². The van der Waals surface area contributed by atoms with Crippen molar-refractivity contribution in [2.24, 2.45) is 0 Å². The van der Waals surface area contributed by atoms with Gasteiger partial charge in [0.25, 0.3) is 0 Å². The molecule has 8 nitrogen and oxygen atoms in total. The second-order valence-electron chi connectivity index (χ2n) is 9.07. The van der Waals surface area contributed by atoms with E-state index in [-0.39, 0.29) is 11.8 Å². The van der Waals surface area contributed by atoms with Crippen LogP contribution in [0.1, 0.15) is 30.4 Å². The second kappa shape index (κ2) is 5.45. The molecule has 6 rings (SSSR count). The molecule has 2 saturated heterocycles. The third-order valence-corrected chi connectivity index (χ3v) is 8.22. The van der Waals surface area contributed by atoms with Gasteiger partial charge in [-0.25, -0.2) is 0 Å². The van der Waals surface area contributed by atoms with Crippen molar-refractivity contribution < 1.29 is 31.9 Å². The number of rotatable bonds is 2. The Kier molecular flexibility index (Phi) is 3.45. The van der Waals surface area contributed by atoms with Crippen LogP contribution in [-0.2, 0) is 31.4 Å². The molecule has 1 aromatic carbocycles. The summed E-state index contributed by atoms with van der Waals surface area (Å²) < 4.78 is 47.7. The molecule has 2 aliphatic carbocycles. The lowest BCUT2D eigenvalue weighted by molar-refractivity contribution is -0.295. The average molecular weight is 423 g/mol. The van der Waals surface area contributed by atoms with E-state index < -0.39 is 33.0 Å². The average Bonchev–Trinajstić information content (AvgIpc) is 3.25. The fourth-order valence-corrected chi connectivity index (χ4v) is 7.15. The Bertz CT molecular complexity index is 1000. The molecule has 29 heavy (non-hydrogen) atoms. The number of nitrogens with zero attached hydrogens (tertiary/aromatic N) is 1. The minimum Gasteiger partial charge on any atom is -0.479 e. The molecular weight excluding hydrogens is 398 g/mol. The zero-order valence-electron chi connectivity index (χ0n) is 16.5. The minimum absolute atomic E-state index is 0.0405. The summed E-state index contributed by atoms with van der Waals surface area (Å²) in [5.74, 6) is -0.342. The number of hydrogen-bond acceptors (Lipinski definition) is 8. The summed E-state index contributed by atoms with van der Waals surface area (Å²) in [4.78, 5) is 2.23. The third-order valence-electron chi connectivity index (χ3n) is 7.74. The van der Waals surface area contributed by atoms with E-state index in [1.807, 2.05) is 6.07 Å². The van der Waals surface area contributed by atoms with E-state index >= 15 is 0 Å². The summed E-state index contributed by atoms with van der Waals surface area (Å²) in [6.45, 7) is 1.76. The Morgan fingerprint density at radius 1 is 1.21 bits per heavy atom. The Morgan fingerprint density at radius 3 is 2.69 bits per heavy atom. The first-order valence-electron chi connectivity index (χ1n) is 10.1. The van der Waals surface area contributed by atoms with Gasteiger partial charge in [0, 0.05) is 18.0 Å². The van der Waals surface area contributed by atoms with Crippen molar-refractivity contribution in [1.82, 2.24) is 4.90 Å². The van der Waals surface area contributed by atoms with E-state index in [9.17, 15) is 13.5 Å². The standard InChI is InChI=1S/C20H25NO7S/c1-21-8-7-18-15-12-3-4-13(28-29(2,23)24)16(15)27-17(18)20(25-9-10-26-20)6-5-19(18,22)14(21)11-12/h3-4,14,17,22H,5-11H2,1-2H3/t14-,17?,18+,19?/m1/s1. The first kappa shape index (κ1) is 18.4. The van der Waals surface area contributed by atoms with Crippen LogP contribution in [0.25, 0.3) is 0 Å². The molecule has 0 radical (unpaired) electrons. The highest BCUT2D eigenvalue weighted by Gasteiger charge is 2.77. The van der Waals surface area contributed by atoms with Gasteiger partial charge in [0.15, 0.2) is 17.6 Å². The maximum atomic E-state index is 12.2. The van der Waals surface area contributed by atoms with E-state index in [0.717, 1.165) is 23.9 Å². The van der Waals surface area contributed by atoms with Crippen LogP contribution < -0.4 is 8.92 Å². The van der Waals surface area contributed by atoms with Gasteiger partial charge in [0.1, 0.15) is 0 Å². The fraction of sp³-hybridized carbons (Fsp3) is 0.700. The normalized spacial score (nSPS) is 39.3. The summed E-state index contributed by atoms with van der Waals surface area (Å²) in [6.07, 6.45) is 2.90. The molecule has 1 N–H and O–H groups in total. The Balaban J connectivity index is 1.62. The number of ether oxygens (including phenoxy) is 3. The maximum absolute atomic E-state index is 12.2. The van der Waals surface area contributed by atoms with Crippen molar-refractivity contribution in [3.8, 4) is 11.5 Å². The van der Waals surface area contributed by atoms with Gasteiger partial charge in [0.2, 0.25) is 5.79 Å². The monoisotopic (exact) mass is 423 g/mol. The lowest BCUT2D eigenvalue weighted by Crippen LogP contribution is -2.79. The largest absolute Gasteiger partial charge is 0.479 e. The predicted octanol–water partition coefficient (Wildman–Crippen LogP) is 0.552. The fourth-order valence-electron chi connectivity index (χ4n) is 6.70. The van der Waals surface area contributed by atoms with Gasteiger partial charge in [-0.1, -0.05) is 6.07 Å². The van der Waals surface area contributed by atoms with Gasteiger partial charge >= 0.3 is 10.1 Å². The number of likely N-dealkylation sites (N-methyl/N-ethyl adjacent to an activating group) is 1. The lowest BCUT2D eigenvalue weighted by Gasteiger charge is -2.64. The molecule has 0 amide bonds. The number of likely N-dealkylation sites (tertiary alicyclic amines) is 1. The predicted molar refractivity (Wildman–Crippen MR) is 102 cm³/mol. The van der Waals surface area contributed by atoms with Crippen LogP contribution in [-0.4, -0.2) is 75.0 Å². The van der Waals surface area contributed by atoms with Crippen LogP contribution in [0.2, 0.25) is 0 Å². The van der Waals surface area contributed by atoms with Crippen molar-refractivity contribution in [3.05, 3.63) is 23.3 Å². The van der Waals surface area contributed by atoms with Crippen LogP contribution >= 0.6 is 0 Å². The molecule has 1 saturated carbocycles. The summed E-state index contributed by atoms with van der Waals surface area (Å²) in [5, 5.41) is 12.2. The Morgan fingerprint density at radius 2 is 1.97 bits per heavy atom. The zero-order valence-corrected chi connectivity index (χ0v) is 17.3. The van der Waals surface area contributed by atoms with E-state index in [1.54, 1.807) is 6.07 Å². The molecule has 2 spiro atoms. The Hall–Kier alpha value is -1.39. The summed E-state index contributed by atoms with van der Waals surface area (Å²) in [6, 6.07) is 3.53. The molecule has 3 aliphatic heterocycles. The third kappa shape index (κ3) is 2.10. The van der Waals surface area contributed by atoms with Crippen molar-refractivity contribution in [2.75, 3.05) is 33.1 Å². The van der Waals surface area contributed by atoms with Gasteiger partial charge in [-0.15, -0.1) is 0 Å². The quantitative estimate of drug-likeness (QED) is 0.690. The molecule has 158 valence electrons. The highest BCUT2D eigenvalue weighted by Crippen LogP contribution is 2.68. The van der Waals surface area contributed by atoms with E-state index in [2.05, 4.69) is 11.9 Å². The molecule has 2 bridgehead atoms. The van der Waals surface area contributed by atoms with Gasteiger partial charge < -0.3 is 28.4 Å². The van der Waals surface area contributed by atoms with Crippen LogP contribution in [0.15, 0.2) is 12.1 Å². The molecule has 4 atom stereocenters. The maximum Gasteiger partial charge on any atom is 0.306 e. The summed E-state index contributed by atoms with van der Waals surface area (Å²) in [7, 11) is -1.67. The number of fused-ring (bicyclic) bond motifs is 1. The second-order valence-corrected chi connectivity index (χ2v) is 10.6. The topological polar surface area (TPSA) is 94.5 Å². The molecule has 0 aromatic heterocycles.